The quantitative estimate of drug-likeness (QED) is 0.592. The predicted molar refractivity (Wildman–Crippen MR) is 75.5 cm³/mol. The van der Waals surface area contributed by atoms with Crippen LogP contribution in [0.2, 0.25) is 0 Å². The van der Waals surface area contributed by atoms with E-state index in [0.717, 1.165) is 6.42 Å². The van der Waals surface area contributed by atoms with Gasteiger partial charge < -0.3 is 20.3 Å². The first-order valence-corrected chi connectivity index (χ1v) is 7.26. The summed E-state index contributed by atoms with van der Waals surface area (Å²) >= 11 is 0. The number of ether oxygens (including phenoxy) is 1. The molecule has 5 unspecified atom stereocenters. The minimum Gasteiger partial charge on any atom is -0.481 e. The molecule has 0 aliphatic heterocycles. The molecule has 1 fully saturated rings. The second-order valence-corrected chi connectivity index (χ2v) is 6.30. The molecule has 2 bridgehead atoms. The van der Waals surface area contributed by atoms with Crippen LogP contribution in [0.25, 0.3) is 0 Å². The Morgan fingerprint density at radius 2 is 1.95 bits per heavy atom. The van der Waals surface area contributed by atoms with Gasteiger partial charge in [0.05, 0.1) is 17.4 Å². The summed E-state index contributed by atoms with van der Waals surface area (Å²) in [5.41, 5.74) is -1.06. The van der Waals surface area contributed by atoms with Crippen molar-refractivity contribution in [1.29, 1.82) is 0 Å². The van der Waals surface area contributed by atoms with Crippen LogP contribution in [0, 0.1) is 23.7 Å². The van der Waals surface area contributed by atoms with Gasteiger partial charge in [0.2, 0.25) is 5.91 Å². The van der Waals surface area contributed by atoms with E-state index in [4.69, 9.17) is 4.74 Å². The van der Waals surface area contributed by atoms with Crippen molar-refractivity contribution in [2.24, 2.45) is 23.7 Å². The molecule has 0 aromatic heterocycles. The number of nitrogens with one attached hydrogen (secondary N) is 1. The maximum Gasteiger partial charge on any atom is 0.307 e. The predicted octanol–water partition coefficient (Wildman–Crippen LogP) is 0.413. The molecule has 2 aliphatic carbocycles. The minimum atomic E-state index is -1.06. The standard InChI is InChI=1S/C15H23NO5/c1-15(20,5-6-21-2)8-16-13(17)11-9-3-4-10(7-9)12(11)14(18)19/h3-4,9-12,20H,5-8H2,1-2H3,(H,16,17)(H,18,19). The number of allylic oxidation sites excluding steroid dienone is 2. The molecule has 6 nitrogen and oxygen atoms in total. The number of methoxy groups -OCH3 is 1. The van der Waals surface area contributed by atoms with Crippen molar-refractivity contribution in [3.05, 3.63) is 12.2 Å². The van der Waals surface area contributed by atoms with Gasteiger partial charge in [0.25, 0.3) is 0 Å². The summed E-state index contributed by atoms with van der Waals surface area (Å²) in [6, 6.07) is 0. The highest BCUT2D eigenvalue weighted by Gasteiger charge is 2.51. The SMILES string of the molecule is COCCC(C)(O)CNC(=O)C1C2C=CC(C2)C1C(=O)O. The van der Waals surface area contributed by atoms with Gasteiger partial charge in [-0.15, -0.1) is 0 Å². The number of amides is 1. The van der Waals surface area contributed by atoms with Crippen LogP contribution in [0.5, 0.6) is 0 Å². The zero-order valence-electron chi connectivity index (χ0n) is 12.4. The molecule has 0 spiro atoms. The number of carboxylic acids is 1. The van der Waals surface area contributed by atoms with E-state index in [2.05, 4.69) is 5.32 Å². The Labute approximate surface area is 124 Å². The van der Waals surface area contributed by atoms with Crippen LogP contribution >= 0.6 is 0 Å². The number of carbonyl (C=O) groups is 2. The number of aliphatic hydroxyl groups is 1. The van der Waals surface area contributed by atoms with E-state index in [1.165, 1.54) is 0 Å². The van der Waals surface area contributed by atoms with Gasteiger partial charge in [0.15, 0.2) is 0 Å². The third-order valence-electron chi connectivity index (χ3n) is 4.54. The first-order chi connectivity index (χ1) is 9.85. The fourth-order valence-electron chi connectivity index (χ4n) is 3.32. The van der Waals surface area contributed by atoms with E-state index in [1.807, 2.05) is 12.2 Å². The molecule has 118 valence electrons. The zero-order valence-corrected chi connectivity index (χ0v) is 12.4. The number of carbonyl (C=O) groups excluding carboxylic acids is 1. The average Bonchev–Trinajstić information content (AvgIpc) is 3.03. The molecule has 2 aliphatic rings. The van der Waals surface area contributed by atoms with Gasteiger partial charge in [-0.05, 0) is 25.2 Å². The molecule has 0 radical (unpaired) electrons. The lowest BCUT2D eigenvalue weighted by Crippen LogP contribution is -2.46. The lowest BCUT2D eigenvalue weighted by atomic mass is 9.82. The topological polar surface area (TPSA) is 95.9 Å². The molecule has 5 atom stereocenters. The Morgan fingerprint density at radius 3 is 2.52 bits per heavy atom. The molecule has 6 heteroatoms. The van der Waals surface area contributed by atoms with E-state index in [0.29, 0.717) is 13.0 Å². The summed E-state index contributed by atoms with van der Waals surface area (Å²) in [6.45, 7) is 2.12. The van der Waals surface area contributed by atoms with Crippen LogP contribution in [0.3, 0.4) is 0 Å². The summed E-state index contributed by atoms with van der Waals surface area (Å²) < 4.78 is 4.91. The molecule has 21 heavy (non-hydrogen) atoms. The van der Waals surface area contributed by atoms with Crippen molar-refractivity contribution in [2.75, 3.05) is 20.3 Å². The molecular weight excluding hydrogens is 274 g/mol. The number of aliphatic carboxylic acids is 1. The molecule has 3 N–H and O–H groups in total. The Balaban J connectivity index is 1.94. The highest BCUT2D eigenvalue weighted by molar-refractivity contribution is 5.86. The zero-order chi connectivity index (χ0) is 15.6. The number of fused-ring (bicyclic) bond motifs is 2. The van der Waals surface area contributed by atoms with Gasteiger partial charge in [-0.1, -0.05) is 12.2 Å². The largest absolute Gasteiger partial charge is 0.481 e. The second kappa shape index (κ2) is 6.15. The number of carboxylic acid groups (broad SMARTS) is 1. The first-order valence-electron chi connectivity index (χ1n) is 7.26. The van der Waals surface area contributed by atoms with E-state index in [9.17, 15) is 19.8 Å². The van der Waals surface area contributed by atoms with Crippen LogP contribution < -0.4 is 5.32 Å². The Hall–Kier alpha value is -1.40. The van der Waals surface area contributed by atoms with Gasteiger partial charge in [0, 0.05) is 26.7 Å². The summed E-state index contributed by atoms with van der Waals surface area (Å²) in [4.78, 5) is 23.7. The van der Waals surface area contributed by atoms with Crippen molar-refractivity contribution in [2.45, 2.75) is 25.4 Å². The smallest absolute Gasteiger partial charge is 0.307 e. The van der Waals surface area contributed by atoms with Crippen LogP contribution in [0.1, 0.15) is 19.8 Å². The Morgan fingerprint density at radius 1 is 1.33 bits per heavy atom. The van der Waals surface area contributed by atoms with E-state index >= 15 is 0 Å². The van der Waals surface area contributed by atoms with Crippen molar-refractivity contribution < 1.29 is 24.5 Å². The maximum absolute atomic E-state index is 12.3. The van der Waals surface area contributed by atoms with E-state index in [1.54, 1.807) is 14.0 Å². The summed E-state index contributed by atoms with van der Waals surface area (Å²) in [7, 11) is 1.55. The summed E-state index contributed by atoms with van der Waals surface area (Å²) in [5.74, 6) is -2.42. The van der Waals surface area contributed by atoms with E-state index < -0.39 is 23.4 Å². The lowest BCUT2D eigenvalue weighted by Gasteiger charge is -2.27. The molecule has 1 amide bonds. The number of hydrogen-bond acceptors (Lipinski definition) is 4. The Bertz CT molecular complexity index is 445. The maximum atomic E-state index is 12.3. The number of rotatable bonds is 7. The molecule has 0 aromatic carbocycles. The van der Waals surface area contributed by atoms with Gasteiger partial charge in [0.1, 0.15) is 0 Å². The molecule has 1 saturated carbocycles. The summed E-state index contributed by atoms with van der Waals surface area (Å²) in [6.07, 6.45) is 4.98. The average molecular weight is 297 g/mol. The minimum absolute atomic E-state index is 0.0000223. The van der Waals surface area contributed by atoms with Gasteiger partial charge in [-0.2, -0.15) is 0 Å². The molecule has 2 rings (SSSR count). The molecule has 0 saturated heterocycles. The first kappa shape index (κ1) is 16.0. The molecular formula is C15H23NO5. The fourth-order valence-corrected chi connectivity index (χ4v) is 3.32. The van der Waals surface area contributed by atoms with Crippen LogP contribution in [0.4, 0.5) is 0 Å². The van der Waals surface area contributed by atoms with Gasteiger partial charge in [-0.3, -0.25) is 9.59 Å². The van der Waals surface area contributed by atoms with Crippen molar-refractivity contribution in [3.63, 3.8) is 0 Å². The van der Waals surface area contributed by atoms with Crippen LogP contribution in [-0.2, 0) is 14.3 Å². The monoisotopic (exact) mass is 297 g/mol. The second-order valence-electron chi connectivity index (χ2n) is 6.30. The molecule has 0 heterocycles. The fraction of sp³-hybridized carbons (Fsp3) is 0.733. The van der Waals surface area contributed by atoms with E-state index in [-0.39, 0.29) is 24.3 Å². The normalized spacial score (nSPS) is 32.9. The third kappa shape index (κ3) is 3.44. The highest BCUT2D eigenvalue weighted by Crippen LogP contribution is 2.48. The van der Waals surface area contributed by atoms with Crippen molar-refractivity contribution in [1.82, 2.24) is 5.32 Å². The van der Waals surface area contributed by atoms with Crippen LogP contribution in [0.15, 0.2) is 12.2 Å². The highest BCUT2D eigenvalue weighted by atomic mass is 16.5. The number of hydrogen-bond donors (Lipinski definition) is 3. The van der Waals surface area contributed by atoms with Crippen molar-refractivity contribution >= 4 is 11.9 Å². The lowest BCUT2D eigenvalue weighted by molar-refractivity contribution is -0.148. The Kier molecular flexibility index (Phi) is 4.68. The van der Waals surface area contributed by atoms with Crippen LogP contribution in [-0.4, -0.2) is 48.0 Å². The van der Waals surface area contributed by atoms with Gasteiger partial charge >= 0.3 is 5.97 Å². The third-order valence-corrected chi connectivity index (χ3v) is 4.54. The summed E-state index contributed by atoms with van der Waals surface area (Å²) in [5, 5.41) is 22.1. The van der Waals surface area contributed by atoms with Gasteiger partial charge in [-0.25, -0.2) is 0 Å². The molecule has 0 aromatic rings. The van der Waals surface area contributed by atoms with Crippen molar-refractivity contribution in [3.8, 4) is 0 Å².